The topological polar surface area (TPSA) is 100 Å². The molecule has 0 spiro atoms. The molecular weight excluding hydrogens is 542 g/mol. The van der Waals surface area contributed by atoms with E-state index in [-0.39, 0.29) is 36.5 Å². The number of nitrogens with one attached hydrogen (secondary N) is 2. The first-order chi connectivity index (χ1) is 20.8. The first-order valence-corrected chi connectivity index (χ1v) is 15.2. The van der Waals surface area contributed by atoms with Crippen LogP contribution in [-0.2, 0) is 32.2 Å². The number of anilines is 1. The molecule has 0 saturated carbocycles. The highest BCUT2D eigenvalue weighted by molar-refractivity contribution is 5.90. The van der Waals surface area contributed by atoms with Gasteiger partial charge in [-0.05, 0) is 48.7 Å². The molecule has 1 saturated heterocycles. The number of unbranched alkanes of at least 4 members (excludes halogenated alkanes) is 2. The summed E-state index contributed by atoms with van der Waals surface area (Å²) in [6.45, 7) is 5.83. The molecule has 3 aromatic rings. The molecule has 4 atom stereocenters. The van der Waals surface area contributed by atoms with Crippen LogP contribution in [0.4, 0.5) is 5.69 Å². The van der Waals surface area contributed by atoms with Gasteiger partial charge in [-0.25, -0.2) is 0 Å². The predicted molar refractivity (Wildman–Crippen MR) is 168 cm³/mol. The number of hydrogen-bond donors (Lipinski definition) is 3. The highest BCUT2D eigenvalue weighted by Crippen LogP contribution is 2.42. The normalized spacial score (nSPS) is 20.1. The van der Waals surface area contributed by atoms with Gasteiger partial charge in [0.1, 0.15) is 0 Å². The number of amides is 2. The van der Waals surface area contributed by atoms with Crippen LogP contribution in [0.1, 0.15) is 74.2 Å². The lowest BCUT2D eigenvalue weighted by Gasteiger charge is -2.42. The average Bonchev–Trinajstić information content (AvgIpc) is 3.00. The molecule has 0 bridgehead atoms. The first-order valence-electron chi connectivity index (χ1n) is 15.2. The molecule has 43 heavy (non-hydrogen) atoms. The number of ether oxygens (including phenoxy) is 2. The maximum absolute atomic E-state index is 12.6. The summed E-state index contributed by atoms with van der Waals surface area (Å²) in [5.41, 5.74) is 4.68. The van der Waals surface area contributed by atoms with E-state index >= 15 is 0 Å². The van der Waals surface area contributed by atoms with Crippen molar-refractivity contribution in [3.8, 4) is 0 Å². The van der Waals surface area contributed by atoms with Gasteiger partial charge in [0.05, 0.1) is 18.8 Å². The van der Waals surface area contributed by atoms with Gasteiger partial charge < -0.3 is 25.2 Å². The average molecular weight is 588 g/mol. The molecule has 230 valence electrons. The second-order valence-electron chi connectivity index (χ2n) is 11.5. The minimum Gasteiger partial charge on any atom is -0.392 e. The summed E-state index contributed by atoms with van der Waals surface area (Å²) in [5.74, 6) is -0.00418. The van der Waals surface area contributed by atoms with E-state index in [2.05, 4.69) is 53.8 Å². The Hall–Kier alpha value is -3.56. The van der Waals surface area contributed by atoms with Gasteiger partial charge in [0.15, 0.2) is 6.29 Å². The summed E-state index contributed by atoms with van der Waals surface area (Å²) < 4.78 is 13.2. The van der Waals surface area contributed by atoms with Gasteiger partial charge >= 0.3 is 0 Å². The molecule has 0 aliphatic carbocycles. The maximum Gasteiger partial charge on any atom is 0.224 e. The number of aliphatic hydroxyl groups is 1. The highest BCUT2D eigenvalue weighted by Gasteiger charge is 2.38. The lowest BCUT2D eigenvalue weighted by molar-refractivity contribution is -0.276. The van der Waals surface area contributed by atoms with Gasteiger partial charge in [0.25, 0.3) is 0 Å². The number of aliphatic hydroxyl groups excluding tert-OH is 1. The van der Waals surface area contributed by atoms with Crippen LogP contribution in [0.3, 0.4) is 0 Å². The van der Waals surface area contributed by atoms with Gasteiger partial charge in [-0.15, -0.1) is 0 Å². The molecular formula is C35H45N3O5. The quantitative estimate of drug-likeness (QED) is 0.208. The zero-order valence-corrected chi connectivity index (χ0v) is 25.5. The fourth-order valence-corrected chi connectivity index (χ4v) is 5.43. The lowest BCUT2D eigenvalue weighted by atomic mass is 9.90. The van der Waals surface area contributed by atoms with Crippen molar-refractivity contribution in [1.29, 1.82) is 0 Å². The third-order valence-electron chi connectivity index (χ3n) is 7.81. The molecule has 1 aliphatic heterocycles. The Morgan fingerprint density at radius 2 is 1.65 bits per heavy atom. The van der Waals surface area contributed by atoms with Gasteiger partial charge in [0.2, 0.25) is 11.8 Å². The van der Waals surface area contributed by atoms with Gasteiger partial charge in [0, 0.05) is 50.1 Å². The Labute approximate surface area is 255 Å². The van der Waals surface area contributed by atoms with Gasteiger partial charge in [-0.3, -0.25) is 14.5 Å². The standard InChI is InChI=1S/C35H45N3O5/c1-25-32(23-38(3)22-27-11-6-4-7-12-27)42-35(43-34(25)29-18-16-28(24-39)17-19-29)30-13-10-14-31(21-30)37-33(41)15-8-5-9-20-36-26(2)40/h4,6-7,10-14,16-19,21,25,32,34-35,39H,5,8-9,15,20,22-24H2,1-3H3,(H,36,40)(H,37,41)/t25-,32+,34+,35+/m1/s1. The summed E-state index contributed by atoms with van der Waals surface area (Å²) in [4.78, 5) is 25.9. The number of hydrogen-bond acceptors (Lipinski definition) is 6. The number of benzene rings is 3. The van der Waals surface area contributed by atoms with E-state index in [0.29, 0.717) is 18.7 Å². The highest BCUT2D eigenvalue weighted by atomic mass is 16.7. The summed E-state index contributed by atoms with van der Waals surface area (Å²) in [6.07, 6.45) is 1.97. The molecule has 3 aromatic carbocycles. The molecule has 8 nitrogen and oxygen atoms in total. The lowest BCUT2D eigenvalue weighted by Crippen LogP contribution is -2.43. The van der Waals surface area contributed by atoms with Gasteiger partial charge in [-0.2, -0.15) is 0 Å². The summed E-state index contributed by atoms with van der Waals surface area (Å²) in [7, 11) is 2.11. The second-order valence-corrected chi connectivity index (χ2v) is 11.5. The minimum absolute atomic E-state index is 0.00438. The van der Waals surface area contributed by atoms with Crippen molar-refractivity contribution in [2.75, 3.05) is 25.5 Å². The number of carbonyl (C=O) groups is 2. The molecule has 1 aliphatic rings. The van der Waals surface area contributed by atoms with Crippen molar-refractivity contribution in [3.05, 3.63) is 101 Å². The molecule has 8 heteroatoms. The Balaban J connectivity index is 1.44. The van der Waals surface area contributed by atoms with Crippen LogP contribution >= 0.6 is 0 Å². The van der Waals surface area contributed by atoms with Gasteiger partial charge in [-0.1, -0.05) is 80.1 Å². The number of rotatable bonds is 14. The Bertz CT molecular complexity index is 1300. The fourth-order valence-electron chi connectivity index (χ4n) is 5.43. The summed E-state index contributed by atoms with van der Waals surface area (Å²) >= 11 is 0. The molecule has 4 rings (SSSR count). The van der Waals surface area contributed by atoms with E-state index in [0.717, 1.165) is 49.0 Å². The van der Waals surface area contributed by atoms with Crippen LogP contribution in [0.15, 0.2) is 78.9 Å². The number of likely N-dealkylation sites (N-methyl/N-ethyl adjacent to an activating group) is 1. The Morgan fingerprint density at radius 3 is 2.37 bits per heavy atom. The van der Waals surface area contributed by atoms with Crippen LogP contribution in [-0.4, -0.2) is 48.1 Å². The van der Waals surface area contributed by atoms with Crippen LogP contribution in [0.25, 0.3) is 0 Å². The second kappa shape index (κ2) is 16.3. The van der Waals surface area contributed by atoms with Crippen LogP contribution in [0.5, 0.6) is 0 Å². The van der Waals surface area contributed by atoms with E-state index in [1.165, 1.54) is 12.5 Å². The van der Waals surface area contributed by atoms with E-state index in [1.807, 2.05) is 54.6 Å². The zero-order chi connectivity index (χ0) is 30.6. The van der Waals surface area contributed by atoms with E-state index in [9.17, 15) is 14.7 Å². The molecule has 0 unspecified atom stereocenters. The van der Waals surface area contributed by atoms with Crippen molar-refractivity contribution in [3.63, 3.8) is 0 Å². The number of nitrogens with zero attached hydrogens (tertiary/aromatic N) is 1. The number of carbonyl (C=O) groups excluding carboxylic acids is 2. The van der Waals surface area contributed by atoms with Crippen molar-refractivity contribution in [1.82, 2.24) is 10.2 Å². The third kappa shape index (κ3) is 10.0. The van der Waals surface area contributed by atoms with Crippen molar-refractivity contribution in [2.45, 2.75) is 71.2 Å². The largest absolute Gasteiger partial charge is 0.392 e. The smallest absolute Gasteiger partial charge is 0.224 e. The molecule has 0 radical (unpaired) electrons. The summed E-state index contributed by atoms with van der Waals surface area (Å²) in [5, 5.41) is 15.3. The van der Waals surface area contributed by atoms with Crippen molar-refractivity contribution < 1.29 is 24.2 Å². The van der Waals surface area contributed by atoms with E-state index in [4.69, 9.17) is 9.47 Å². The van der Waals surface area contributed by atoms with E-state index < -0.39 is 6.29 Å². The Morgan fingerprint density at radius 1 is 0.884 bits per heavy atom. The van der Waals surface area contributed by atoms with Crippen molar-refractivity contribution >= 4 is 17.5 Å². The molecule has 1 heterocycles. The minimum atomic E-state index is -0.612. The van der Waals surface area contributed by atoms with E-state index in [1.54, 1.807) is 0 Å². The van der Waals surface area contributed by atoms with Crippen molar-refractivity contribution in [2.24, 2.45) is 5.92 Å². The van der Waals surface area contributed by atoms with Crippen LogP contribution < -0.4 is 10.6 Å². The fraction of sp³-hybridized carbons (Fsp3) is 0.429. The molecule has 0 aromatic heterocycles. The first kappa shape index (κ1) is 32.4. The predicted octanol–water partition coefficient (Wildman–Crippen LogP) is 5.74. The molecule has 1 fully saturated rings. The zero-order valence-electron chi connectivity index (χ0n) is 25.5. The maximum atomic E-state index is 12.6. The SMILES string of the molecule is CC(=O)NCCCCCC(=O)Nc1cccc([C@H]2O[C@@H](CN(C)Cc3ccccc3)[C@@H](C)[C@@H](c3ccc(CO)cc3)O2)c1. The molecule has 3 N–H and O–H groups in total. The molecule has 2 amide bonds. The monoisotopic (exact) mass is 587 g/mol. The third-order valence-corrected chi connectivity index (χ3v) is 7.81. The summed E-state index contributed by atoms with van der Waals surface area (Å²) in [6, 6.07) is 26.0. The van der Waals surface area contributed by atoms with Crippen LogP contribution in [0, 0.1) is 5.92 Å². The Kier molecular flexibility index (Phi) is 12.3. The van der Waals surface area contributed by atoms with Crippen LogP contribution in [0.2, 0.25) is 0 Å².